The van der Waals surface area contributed by atoms with Crippen LogP contribution in [0.2, 0.25) is 6.32 Å². The number of hydrogen-bond donors (Lipinski definition) is 0. The lowest BCUT2D eigenvalue weighted by molar-refractivity contribution is 0.0127. The van der Waals surface area contributed by atoms with E-state index in [1.807, 2.05) is 0 Å². The standard InChI is InChI=1S/C22H29BN2O/c1-2-3-16-23-25(24-17-10-11-18-24)22(19-26-23,20-12-6-4-7-13-20)21-14-8-5-9-15-21/h4-9,12-15H,2-3,10-11,16-19H2,1H3. The van der Waals surface area contributed by atoms with Gasteiger partial charge in [-0.05, 0) is 30.3 Å². The monoisotopic (exact) mass is 348 g/mol. The van der Waals surface area contributed by atoms with E-state index in [1.54, 1.807) is 0 Å². The molecule has 2 heterocycles. The molecule has 0 aromatic heterocycles. The summed E-state index contributed by atoms with van der Waals surface area (Å²) in [5, 5.41) is 2.56. The van der Waals surface area contributed by atoms with Gasteiger partial charge in [-0.1, -0.05) is 80.4 Å². The zero-order valence-corrected chi connectivity index (χ0v) is 15.8. The van der Waals surface area contributed by atoms with E-state index in [4.69, 9.17) is 4.65 Å². The van der Waals surface area contributed by atoms with Crippen molar-refractivity contribution in [3.05, 3.63) is 71.8 Å². The molecule has 26 heavy (non-hydrogen) atoms. The van der Waals surface area contributed by atoms with Gasteiger partial charge >= 0.3 is 7.05 Å². The molecule has 0 radical (unpaired) electrons. The molecule has 4 rings (SSSR count). The molecule has 2 aliphatic heterocycles. The topological polar surface area (TPSA) is 15.7 Å². The van der Waals surface area contributed by atoms with E-state index < -0.39 is 0 Å². The van der Waals surface area contributed by atoms with Crippen LogP contribution in [-0.4, -0.2) is 36.7 Å². The van der Waals surface area contributed by atoms with Crippen LogP contribution in [0.15, 0.2) is 60.7 Å². The maximum Gasteiger partial charge on any atom is 0.398 e. The van der Waals surface area contributed by atoms with Crippen LogP contribution in [0.4, 0.5) is 0 Å². The molecule has 0 bridgehead atoms. The Morgan fingerprint density at radius 3 is 2.04 bits per heavy atom. The lowest BCUT2D eigenvalue weighted by Gasteiger charge is -2.44. The van der Waals surface area contributed by atoms with Gasteiger partial charge in [0.15, 0.2) is 0 Å². The van der Waals surface area contributed by atoms with Crippen molar-refractivity contribution < 1.29 is 4.65 Å². The fraction of sp³-hybridized carbons (Fsp3) is 0.455. The molecular formula is C22H29BN2O. The first-order valence-corrected chi connectivity index (χ1v) is 10.1. The molecule has 0 aliphatic carbocycles. The zero-order chi connectivity index (χ0) is 17.8. The molecule has 0 spiro atoms. The van der Waals surface area contributed by atoms with Gasteiger partial charge in [0.05, 0.1) is 12.1 Å². The van der Waals surface area contributed by atoms with Crippen LogP contribution >= 0.6 is 0 Å². The summed E-state index contributed by atoms with van der Waals surface area (Å²) in [4.78, 5) is 2.60. The predicted octanol–water partition coefficient (Wildman–Crippen LogP) is 4.56. The molecule has 2 aromatic rings. The van der Waals surface area contributed by atoms with Crippen LogP contribution in [0.25, 0.3) is 0 Å². The Morgan fingerprint density at radius 1 is 0.923 bits per heavy atom. The van der Waals surface area contributed by atoms with Gasteiger partial charge in [-0.15, -0.1) is 0 Å². The van der Waals surface area contributed by atoms with Crippen molar-refractivity contribution in [2.45, 2.75) is 44.5 Å². The van der Waals surface area contributed by atoms with Crippen LogP contribution in [0.5, 0.6) is 0 Å². The molecule has 0 N–H and O–H groups in total. The van der Waals surface area contributed by atoms with Crippen LogP contribution in [0, 0.1) is 0 Å². The molecule has 0 amide bonds. The van der Waals surface area contributed by atoms with Crippen molar-refractivity contribution in [2.75, 3.05) is 19.7 Å². The third kappa shape index (κ3) is 3.11. The van der Waals surface area contributed by atoms with Gasteiger partial charge in [-0.2, -0.15) is 0 Å². The second-order valence-electron chi connectivity index (χ2n) is 7.51. The SMILES string of the molecule is CCCCB1OCC(c2ccccc2)(c2ccccc2)N1N1CCCC1. The van der Waals surface area contributed by atoms with Gasteiger partial charge < -0.3 is 4.65 Å². The largest absolute Gasteiger partial charge is 0.418 e. The molecule has 0 atom stereocenters. The van der Waals surface area contributed by atoms with Crippen molar-refractivity contribution in [1.82, 2.24) is 9.93 Å². The number of rotatable bonds is 6. The lowest BCUT2D eigenvalue weighted by atomic mass is 9.72. The van der Waals surface area contributed by atoms with E-state index in [2.05, 4.69) is 77.5 Å². The van der Waals surface area contributed by atoms with Gasteiger partial charge in [0.1, 0.15) is 0 Å². The fourth-order valence-electron chi connectivity index (χ4n) is 4.55. The summed E-state index contributed by atoms with van der Waals surface area (Å²) in [6.45, 7) is 5.24. The number of unbranched alkanes of at least 4 members (excludes halogenated alkanes) is 1. The van der Waals surface area contributed by atoms with Crippen LogP contribution < -0.4 is 0 Å². The minimum absolute atomic E-state index is 0.161. The van der Waals surface area contributed by atoms with Crippen molar-refractivity contribution in [1.29, 1.82) is 0 Å². The van der Waals surface area contributed by atoms with Gasteiger partial charge in [0, 0.05) is 13.1 Å². The van der Waals surface area contributed by atoms with E-state index in [9.17, 15) is 0 Å². The number of hydrazine groups is 1. The van der Waals surface area contributed by atoms with Gasteiger partial charge in [0.25, 0.3) is 0 Å². The van der Waals surface area contributed by atoms with E-state index in [0.29, 0.717) is 6.61 Å². The van der Waals surface area contributed by atoms with Crippen molar-refractivity contribution in [3.63, 3.8) is 0 Å². The van der Waals surface area contributed by atoms with E-state index >= 15 is 0 Å². The summed E-state index contributed by atoms with van der Waals surface area (Å²) in [5.41, 5.74) is 2.43. The van der Waals surface area contributed by atoms with E-state index in [-0.39, 0.29) is 12.6 Å². The number of benzene rings is 2. The number of hydrogen-bond acceptors (Lipinski definition) is 3. The third-order valence-corrected chi connectivity index (χ3v) is 5.84. The Hall–Kier alpha value is -1.62. The fourth-order valence-corrected chi connectivity index (χ4v) is 4.55. The summed E-state index contributed by atoms with van der Waals surface area (Å²) >= 11 is 0. The van der Waals surface area contributed by atoms with Crippen molar-refractivity contribution in [2.24, 2.45) is 0 Å². The second kappa shape index (κ2) is 7.95. The predicted molar refractivity (Wildman–Crippen MR) is 108 cm³/mol. The molecule has 0 unspecified atom stereocenters. The molecule has 3 nitrogen and oxygen atoms in total. The van der Waals surface area contributed by atoms with Crippen molar-refractivity contribution in [3.8, 4) is 0 Å². The molecule has 136 valence electrons. The molecule has 2 aliphatic rings. The molecular weight excluding hydrogens is 319 g/mol. The highest BCUT2D eigenvalue weighted by atomic mass is 16.5. The van der Waals surface area contributed by atoms with Gasteiger partial charge in [-0.25, -0.2) is 9.93 Å². The Balaban J connectivity index is 1.82. The Kier molecular flexibility index (Phi) is 5.44. The quantitative estimate of drug-likeness (QED) is 0.712. The average Bonchev–Trinajstić information content (AvgIpc) is 3.36. The summed E-state index contributed by atoms with van der Waals surface area (Å²) in [6, 6.07) is 21.9. The molecule has 0 saturated carbocycles. The number of nitrogens with zero attached hydrogens (tertiary/aromatic N) is 2. The maximum atomic E-state index is 6.49. The second-order valence-corrected chi connectivity index (χ2v) is 7.51. The zero-order valence-electron chi connectivity index (χ0n) is 15.8. The highest BCUT2D eigenvalue weighted by Crippen LogP contribution is 2.44. The Labute approximate surface area is 158 Å². The minimum Gasteiger partial charge on any atom is -0.418 e. The molecule has 2 saturated heterocycles. The minimum atomic E-state index is -0.231. The first kappa shape index (κ1) is 17.8. The van der Waals surface area contributed by atoms with Gasteiger partial charge in [0.2, 0.25) is 0 Å². The van der Waals surface area contributed by atoms with Crippen molar-refractivity contribution >= 4 is 7.05 Å². The van der Waals surface area contributed by atoms with Gasteiger partial charge in [-0.3, -0.25) is 0 Å². The highest BCUT2D eigenvalue weighted by molar-refractivity contribution is 6.49. The van der Waals surface area contributed by atoms with Crippen LogP contribution in [0.3, 0.4) is 0 Å². The Morgan fingerprint density at radius 2 is 1.50 bits per heavy atom. The molecule has 2 fully saturated rings. The third-order valence-electron chi connectivity index (χ3n) is 5.84. The molecule has 4 heteroatoms. The highest BCUT2D eigenvalue weighted by Gasteiger charge is 2.54. The molecule has 2 aromatic carbocycles. The summed E-state index contributed by atoms with van der Waals surface area (Å²) in [7, 11) is 0.161. The summed E-state index contributed by atoms with van der Waals surface area (Å²) in [6.07, 6.45) is 6.05. The summed E-state index contributed by atoms with van der Waals surface area (Å²) < 4.78 is 6.49. The lowest BCUT2D eigenvalue weighted by Crippen LogP contribution is -2.57. The van der Waals surface area contributed by atoms with Crippen LogP contribution in [-0.2, 0) is 10.2 Å². The Bertz CT molecular complexity index is 648. The normalized spacial score (nSPS) is 20.7. The van der Waals surface area contributed by atoms with E-state index in [0.717, 1.165) is 19.4 Å². The van der Waals surface area contributed by atoms with Crippen LogP contribution in [0.1, 0.15) is 43.7 Å². The first-order chi connectivity index (χ1) is 12.9. The maximum absolute atomic E-state index is 6.49. The smallest absolute Gasteiger partial charge is 0.398 e. The van der Waals surface area contributed by atoms with E-state index in [1.165, 1.54) is 36.8 Å². The summed E-state index contributed by atoms with van der Waals surface area (Å²) in [5.74, 6) is 0. The average molecular weight is 348 g/mol. The first-order valence-electron chi connectivity index (χ1n) is 10.1.